The molecule has 2 saturated heterocycles. The Labute approximate surface area is 185 Å². The van der Waals surface area contributed by atoms with Crippen molar-refractivity contribution < 1.29 is 37.8 Å². The van der Waals surface area contributed by atoms with Crippen LogP contribution in [0.3, 0.4) is 0 Å². The number of piperidine rings is 1. The van der Waals surface area contributed by atoms with Crippen molar-refractivity contribution >= 4 is 15.8 Å². The van der Waals surface area contributed by atoms with Crippen molar-refractivity contribution in [3.8, 4) is 16.9 Å². The van der Waals surface area contributed by atoms with Gasteiger partial charge in [-0.15, -0.1) is 0 Å². The molecule has 0 amide bonds. The zero-order chi connectivity index (χ0) is 22.9. The average Bonchev–Trinajstić information content (AvgIpc) is 2.79. The molecule has 11 heteroatoms. The lowest BCUT2D eigenvalue weighted by Crippen LogP contribution is -2.61. The van der Waals surface area contributed by atoms with Crippen LogP contribution in [0.1, 0.15) is 19.3 Å². The van der Waals surface area contributed by atoms with Crippen LogP contribution in [0.4, 0.5) is 5.69 Å². The third-order valence-electron chi connectivity index (χ3n) is 5.71. The number of aromatic nitrogens is 1. The molecular weight excluding hydrogens is 440 g/mol. The summed E-state index contributed by atoms with van der Waals surface area (Å²) in [5.74, 6) is 0.143. The van der Waals surface area contributed by atoms with Crippen LogP contribution in [0.15, 0.2) is 42.7 Å². The van der Waals surface area contributed by atoms with Gasteiger partial charge in [0, 0.05) is 30.5 Å². The molecule has 1 aromatic carbocycles. The number of rotatable bonds is 5. The number of hydrogen-bond donors (Lipinski definition) is 4. The van der Waals surface area contributed by atoms with E-state index in [0.29, 0.717) is 5.56 Å². The first-order valence-electron chi connectivity index (χ1n) is 10.4. The highest BCUT2D eigenvalue weighted by atomic mass is 32.2. The molecule has 0 aliphatic carbocycles. The van der Waals surface area contributed by atoms with Crippen molar-refractivity contribution in [3.63, 3.8) is 0 Å². The van der Waals surface area contributed by atoms with E-state index >= 15 is 0 Å². The normalized spacial score (nSPS) is 29.0. The number of hydrogen-bond acceptors (Lipinski definition) is 9. The summed E-state index contributed by atoms with van der Waals surface area (Å²) >= 11 is 0. The van der Waals surface area contributed by atoms with Gasteiger partial charge >= 0.3 is 0 Å². The van der Waals surface area contributed by atoms with E-state index in [1.807, 2.05) is 24.3 Å². The van der Waals surface area contributed by atoms with Crippen LogP contribution in [0.5, 0.6) is 5.75 Å². The highest BCUT2D eigenvalue weighted by molar-refractivity contribution is 7.86. The van der Waals surface area contributed by atoms with E-state index in [-0.39, 0.29) is 5.75 Å². The molecule has 2 aliphatic heterocycles. The van der Waals surface area contributed by atoms with E-state index in [1.165, 1.54) is 25.5 Å². The third kappa shape index (κ3) is 4.87. The maximum atomic E-state index is 11.4. The van der Waals surface area contributed by atoms with Gasteiger partial charge in [0.25, 0.3) is 10.1 Å². The minimum Gasteiger partial charge on any atom is -0.460 e. The molecule has 0 bridgehead atoms. The van der Waals surface area contributed by atoms with E-state index in [2.05, 4.69) is 9.88 Å². The summed E-state index contributed by atoms with van der Waals surface area (Å²) in [4.78, 5) is 6.46. The SMILES string of the molecule is O=S(=O)(O)C1O[C@@H](Oc2cncc(-c3ccc(N4CCCCC4)cc3)c2)[C@H](O)[C@@H](O)[C@@H]1O. The fourth-order valence-electron chi connectivity index (χ4n) is 3.95. The lowest BCUT2D eigenvalue weighted by atomic mass is 10.0. The lowest BCUT2D eigenvalue weighted by molar-refractivity contribution is -0.254. The Morgan fingerprint density at radius 3 is 2.28 bits per heavy atom. The second kappa shape index (κ2) is 9.30. The molecule has 1 aromatic heterocycles. The van der Waals surface area contributed by atoms with Gasteiger partial charge in [0.1, 0.15) is 24.1 Å². The zero-order valence-electron chi connectivity index (χ0n) is 17.2. The number of anilines is 1. The Morgan fingerprint density at radius 2 is 1.62 bits per heavy atom. The number of pyridine rings is 1. The Kier molecular flexibility index (Phi) is 6.65. The standard InChI is InChI=1S/C21H26N2O8S/c24-17-18(25)20(31-21(19(17)26)32(27,28)29)30-16-10-14(11-22-12-16)13-4-6-15(7-5-13)23-8-2-1-3-9-23/h4-7,10-12,17-21,24-26H,1-3,8-9H2,(H,27,28,29)/t17-,18-,19+,20-,21?/m1/s1. The highest BCUT2D eigenvalue weighted by Gasteiger charge is 2.50. The molecule has 0 radical (unpaired) electrons. The molecule has 4 N–H and O–H groups in total. The Balaban J connectivity index is 1.50. The van der Waals surface area contributed by atoms with Crippen molar-refractivity contribution in [1.29, 1.82) is 0 Å². The Bertz CT molecular complexity index is 1030. The van der Waals surface area contributed by atoms with E-state index in [1.54, 1.807) is 12.3 Å². The molecule has 0 saturated carbocycles. The first-order valence-corrected chi connectivity index (χ1v) is 11.9. The van der Waals surface area contributed by atoms with Crippen LogP contribution in [0.25, 0.3) is 11.1 Å². The molecule has 4 rings (SSSR count). The van der Waals surface area contributed by atoms with Gasteiger partial charge in [-0.1, -0.05) is 12.1 Å². The van der Waals surface area contributed by atoms with Crippen molar-refractivity contribution in [3.05, 3.63) is 42.7 Å². The largest absolute Gasteiger partial charge is 0.460 e. The maximum absolute atomic E-state index is 11.4. The summed E-state index contributed by atoms with van der Waals surface area (Å²) < 4.78 is 42.6. The molecule has 2 fully saturated rings. The van der Waals surface area contributed by atoms with Gasteiger partial charge in [-0.2, -0.15) is 8.42 Å². The summed E-state index contributed by atoms with van der Waals surface area (Å²) in [5, 5.41) is 29.9. The summed E-state index contributed by atoms with van der Waals surface area (Å²) in [6.07, 6.45) is -0.763. The first-order chi connectivity index (χ1) is 15.2. The van der Waals surface area contributed by atoms with Gasteiger partial charge in [0.05, 0.1) is 6.20 Å². The summed E-state index contributed by atoms with van der Waals surface area (Å²) in [6.45, 7) is 2.08. The predicted molar refractivity (Wildman–Crippen MR) is 115 cm³/mol. The Morgan fingerprint density at radius 1 is 0.938 bits per heavy atom. The second-order valence-electron chi connectivity index (χ2n) is 7.98. The number of aliphatic hydroxyl groups is 3. The topological polar surface area (TPSA) is 150 Å². The molecular formula is C21H26N2O8S. The van der Waals surface area contributed by atoms with Crippen molar-refractivity contribution in [2.45, 2.75) is 49.3 Å². The van der Waals surface area contributed by atoms with Gasteiger partial charge < -0.3 is 29.7 Å². The monoisotopic (exact) mass is 466 g/mol. The van der Waals surface area contributed by atoms with E-state index in [0.717, 1.165) is 24.3 Å². The Hall–Kier alpha value is -2.28. The average molecular weight is 467 g/mol. The zero-order valence-corrected chi connectivity index (χ0v) is 18.0. The van der Waals surface area contributed by atoms with Crippen molar-refractivity contribution in [1.82, 2.24) is 4.98 Å². The summed E-state index contributed by atoms with van der Waals surface area (Å²) in [7, 11) is -4.86. The first kappa shape index (κ1) is 22.9. The minimum atomic E-state index is -4.86. The van der Waals surface area contributed by atoms with Crippen LogP contribution in [0.2, 0.25) is 0 Å². The van der Waals surface area contributed by atoms with Crippen LogP contribution >= 0.6 is 0 Å². The second-order valence-corrected chi connectivity index (χ2v) is 9.48. The fraction of sp³-hybridized carbons (Fsp3) is 0.476. The predicted octanol–water partition coefficient (Wildman–Crippen LogP) is 0.771. The molecule has 2 aromatic rings. The molecule has 32 heavy (non-hydrogen) atoms. The maximum Gasteiger partial charge on any atom is 0.295 e. The quantitative estimate of drug-likeness (QED) is 0.465. The number of nitrogens with zero attached hydrogens (tertiary/aromatic N) is 2. The number of aliphatic hydroxyl groups excluding tert-OH is 3. The van der Waals surface area contributed by atoms with Crippen LogP contribution < -0.4 is 9.64 Å². The third-order valence-corrected chi connectivity index (χ3v) is 6.68. The molecule has 174 valence electrons. The van der Waals surface area contributed by atoms with Gasteiger partial charge in [0.2, 0.25) is 11.7 Å². The molecule has 2 aliphatic rings. The van der Waals surface area contributed by atoms with Crippen LogP contribution in [0, 0.1) is 0 Å². The van der Waals surface area contributed by atoms with E-state index in [9.17, 15) is 28.3 Å². The highest BCUT2D eigenvalue weighted by Crippen LogP contribution is 2.30. The molecule has 1 unspecified atom stereocenters. The summed E-state index contributed by atoms with van der Waals surface area (Å²) in [6, 6.07) is 9.63. The molecule has 3 heterocycles. The smallest absolute Gasteiger partial charge is 0.295 e. The van der Waals surface area contributed by atoms with Crippen molar-refractivity contribution in [2.75, 3.05) is 18.0 Å². The molecule has 0 spiro atoms. The van der Waals surface area contributed by atoms with E-state index < -0.39 is 40.2 Å². The lowest BCUT2D eigenvalue weighted by Gasteiger charge is -2.38. The van der Waals surface area contributed by atoms with Gasteiger partial charge in [-0.05, 0) is 43.0 Å². The van der Waals surface area contributed by atoms with E-state index in [4.69, 9.17) is 9.47 Å². The van der Waals surface area contributed by atoms with Crippen LogP contribution in [-0.4, -0.2) is 76.4 Å². The van der Waals surface area contributed by atoms with Crippen molar-refractivity contribution in [2.24, 2.45) is 0 Å². The number of benzene rings is 1. The van der Waals surface area contributed by atoms with Crippen LogP contribution in [-0.2, 0) is 14.9 Å². The number of ether oxygens (including phenoxy) is 2. The van der Waals surface area contributed by atoms with Gasteiger partial charge in [0.15, 0.2) is 0 Å². The molecule has 5 atom stereocenters. The molecule has 10 nitrogen and oxygen atoms in total. The fourth-order valence-corrected chi connectivity index (χ4v) is 4.72. The van der Waals surface area contributed by atoms with Gasteiger partial charge in [-0.3, -0.25) is 9.54 Å². The van der Waals surface area contributed by atoms with Gasteiger partial charge in [-0.25, -0.2) is 0 Å². The minimum absolute atomic E-state index is 0.143. The summed E-state index contributed by atoms with van der Waals surface area (Å²) in [5.41, 5.74) is 0.575.